The summed E-state index contributed by atoms with van der Waals surface area (Å²) in [5.74, 6) is 0.855. The summed E-state index contributed by atoms with van der Waals surface area (Å²) in [6.45, 7) is 7.76. The lowest BCUT2D eigenvalue weighted by Crippen LogP contribution is -2.42. The van der Waals surface area contributed by atoms with E-state index in [-0.39, 0.29) is 0 Å². The molecule has 0 aliphatic carbocycles. The molecule has 3 heteroatoms. The van der Waals surface area contributed by atoms with Crippen molar-refractivity contribution in [3.8, 4) is 6.07 Å². The van der Waals surface area contributed by atoms with E-state index in [4.69, 9.17) is 10.00 Å². The number of nitriles is 1. The van der Waals surface area contributed by atoms with Gasteiger partial charge in [0.25, 0.3) is 0 Å². The van der Waals surface area contributed by atoms with Crippen molar-refractivity contribution in [2.75, 3.05) is 26.3 Å². The number of ether oxygens (including phenoxy) is 1. The minimum absolute atomic E-state index is 0.499. The maximum atomic E-state index is 8.86. The van der Waals surface area contributed by atoms with Crippen molar-refractivity contribution in [3.05, 3.63) is 35.4 Å². The van der Waals surface area contributed by atoms with E-state index in [1.165, 1.54) is 44.3 Å². The summed E-state index contributed by atoms with van der Waals surface area (Å²) in [5.41, 5.74) is 2.56. The summed E-state index contributed by atoms with van der Waals surface area (Å²) in [4.78, 5) is 2.56. The number of nitrogens with zero attached hydrogens (tertiary/aromatic N) is 2. The molecule has 0 unspecified atom stereocenters. The first-order chi connectivity index (χ1) is 10.7. The van der Waals surface area contributed by atoms with Crippen molar-refractivity contribution in [2.24, 2.45) is 11.3 Å². The van der Waals surface area contributed by atoms with Crippen LogP contribution in [0.1, 0.15) is 43.7 Å². The minimum atomic E-state index is 0.499. The Kier molecular flexibility index (Phi) is 4.81. The predicted molar refractivity (Wildman–Crippen MR) is 87.3 cm³/mol. The van der Waals surface area contributed by atoms with Crippen molar-refractivity contribution in [1.82, 2.24) is 4.90 Å². The second kappa shape index (κ2) is 6.81. The molecule has 0 saturated carbocycles. The van der Waals surface area contributed by atoms with E-state index in [1.54, 1.807) is 0 Å². The van der Waals surface area contributed by atoms with E-state index >= 15 is 0 Å². The predicted octanol–water partition coefficient (Wildman–Crippen LogP) is 3.59. The molecule has 0 aromatic heterocycles. The fourth-order valence-electron chi connectivity index (χ4n) is 3.98. The number of benzene rings is 1. The van der Waals surface area contributed by atoms with Gasteiger partial charge in [0.1, 0.15) is 0 Å². The first-order valence-electron chi connectivity index (χ1n) is 8.49. The largest absolute Gasteiger partial charge is 0.381 e. The SMILES string of the molecule is CC1(C2CCN(Cc3ccc(C#N)cc3)CC2)CCOCC1. The summed E-state index contributed by atoms with van der Waals surface area (Å²) < 4.78 is 5.54. The number of likely N-dealkylation sites (tertiary alicyclic amines) is 1. The smallest absolute Gasteiger partial charge is 0.0991 e. The number of piperidine rings is 1. The topological polar surface area (TPSA) is 36.3 Å². The van der Waals surface area contributed by atoms with Gasteiger partial charge in [-0.3, -0.25) is 4.90 Å². The Morgan fingerprint density at radius 2 is 1.82 bits per heavy atom. The van der Waals surface area contributed by atoms with Crippen LogP contribution < -0.4 is 0 Å². The van der Waals surface area contributed by atoms with Crippen LogP contribution in [0.15, 0.2) is 24.3 Å². The highest BCUT2D eigenvalue weighted by Gasteiger charge is 2.37. The third kappa shape index (κ3) is 3.51. The molecule has 1 aromatic rings. The van der Waals surface area contributed by atoms with Crippen molar-refractivity contribution in [2.45, 2.75) is 39.2 Å². The van der Waals surface area contributed by atoms with E-state index in [0.717, 1.165) is 31.2 Å². The molecular formula is C19H26N2O. The van der Waals surface area contributed by atoms with Gasteiger partial charge in [0.15, 0.2) is 0 Å². The monoisotopic (exact) mass is 298 g/mol. The molecule has 0 amide bonds. The Morgan fingerprint density at radius 1 is 1.18 bits per heavy atom. The Balaban J connectivity index is 1.52. The van der Waals surface area contributed by atoms with E-state index < -0.39 is 0 Å². The molecule has 0 N–H and O–H groups in total. The second-order valence-electron chi connectivity index (χ2n) is 7.13. The quantitative estimate of drug-likeness (QED) is 0.855. The van der Waals surface area contributed by atoms with Crippen LogP contribution in [-0.2, 0) is 11.3 Å². The molecule has 1 aromatic carbocycles. The van der Waals surface area contributed by atoms with Crippen LogP contribution in [0.3, 0.4) is 0 Å². The Morgan fingerprint density at radius 3 is 2.41 bits per heavy atom. The normalized spacial score (nSPS) is 23.1. The lowest BCUT2D eigenvalue weighted by molar-refractivity contribution is -0.0260. The zero-order valence-corrected chi connectivity index (χ0v) is 13.6. The molecule has 0 atom stereocenters. The first kappa shape index (κ1) is 15.5. The zero-order valence-electron chi connectivity index (χ0n) is 13.6. The summed E-state index contributed by atoms with van der Waals surface area (Å²) in [5, 5.41) is 8.86. The van der Waals surface area contributed by atoms with Gasteiger partial charge in [-0.25, -0.2) is 0 Å². The van der Waals surface area contributed by atoms with Crippen LogP contribution in [-0.4, -0.2) is 31.2 Å². The van der Waals surface area contributed by atoms with Gasteiger partial charge in [0.05, 0.1) is 11.6 Å². The van der Waals surface area contributed by atoms with Crippen molar-refractivity contribution >= 4 is 0 Å². The van der Waals surface area contributed by atoms with Gasteiger partial charge < -0.3 is 4.74 Å². The number of hydrogen-bond donors (Lipinski definition) is 0. The lowest BCUT2D eigenvalue weighted by atomic mass is 9.68. The third-order valence-corrected chi connectivity index (χ3v) is 5.70. The van der Waals surface area contributed by atoms with Gasteiger partial charge in [-0.2, -0.15) is 5.26 Å². The molecule has 0 bridgehead atoms. The Bertz CT molecular complexity index is 517. The van der Waals surface area contributed by atoms with Crippen LogP contribution in [0.5, 0.6) is 0 Å². The van der Waals surface area contributed by atoms with Gasteiger partial charge >= 0.3 is 0 Å². The molecule has 2 aliphatic rings. The summed E-state index contributed by atoms with van der Waals surface area (Å²) >= 11 is 0. The lowest BCUT2D eigenvalue weighted by Gasteiger charge is -2.44. The van der Waals surface area contributed by atoms with E-state index in [2.05, 4.69) is 30.0 Å². The zero-order chi connectivity index (χ0) is 15.4. The van der Waals surface area contributed by atoms with E-state index in [0.29, 0.717) is 5.41 Å². The molecule has 3 nitrogen and oxygen atoms in total. The highest BCUT2D eigenvalue weighted by molar-refractivity contribution is 5.31. The second-order valence-corrected chi connectivity index (χ2v) is 7.13. The first-order valence-corrected chi connectivity index (χ1v) is 8.49. The minimum Gasteiger partial charge on any atom is -0.381 e. The summed E-state index contributed by atoms with van der Waals surface area (Å²) in [6.07, 6.45) is 5.08. The molecule has 118 valence electrons. The van der Waals surface area contributed by atoms with Crippen LogP contribution in [0.25, 0.3) is 0 Å². The van der Waals surface area contributed by atoms with Gasteiger partial charge in [0, 0.05) is 19.8 Å². The molecule has 2 saturated heterocycles. The van der Waals surface area contributed by atoms with Crippen molar-refractivity contribution < 1.29 is 4.74 Å². The van der Waals surface area contributed by atoms with Gasteiger partial charge in [-0.15, -0.1) is 0 Å². The fourth-order valence-corrected chi connectivity index (χ4v) is 3.98. The highest BCUT2D eigenvalue weighted by Crippen LogP contribution is 2.42. The van der Waals surface area contributed by atoms with Crippen LogP contribution in [0.2, 0.25) is 0 Å². The maximum Gasteiger partial charge on any atom is 0.0991 e. The summed E-state index contributed by atoms with van der Waals surface area (Å²) in [7, 11) is 0. The van der Waals surface area contributed by atoms with Gasteiger partial charge in [-0.05, 0) is 67.8 Å². The van der Waals surface area contributed by atoms with Crippen molar-refractivity contribution in [3.63, 3.8) is 0 Å². The third-order valence-electron chi connectivity index (χ3n) is 5.70. The van der Waals surface area contributed by atoms with Crippen LogP contribution >= 0.6 is 0 Å². The van der Waals surface area contributed by atoms with E-state index in [1.807, 2.05) is 12.1 Å². The highest BCUT2D eigenvalue weighted by atomic mass is 16.5. The molecule has 2 heterocycles. The fraction of sp³-hybridized carbons (Fsp3) is 0.632. The molecular weight excluding hydrogens is 272 g/mol. The molecule has 0 radical (unpaired) electrons. The van der Waals surface area contributed by atoms with Crippen LogP contribution in [0, 0.1) is 22.7 Å². The van der Waals surface area contributed by atoms with Crippen LogP contribution in [0.4, 0.5) is 0 Å². The van der Waals surface area contributed by atoms with Crippen molar-refractivity contribution in [1.29, 1.82) is 5.26 Å². The molecule has 3 rings (SSSR count). The molecule has 2 fully saturated rings. The molecule has 0 spiro atoms. The number of rotatable bonds is 3. The Hall–Kier alpha value is -1.37. The number of hydrogen-bond acceptors (Lipinski definition) is 3. The maximum absolute atomic E-state index is 8.86. The summed E-state index contributed by atoms with van der Waals surface area (Å²) in [6, 6.07) is 10.2. The average Bonchev–Trinajstić information content (AvgIpc) is 2.57. The molecule has 22 heavy (non-hydrogen) atoms. The molecule has 2 aliphatic heterocycles. The standard InChI is InChI=1S/C19H26N2O/c1-19(8-12-22-13-9-19)18-6-10-21(11-7-18)15-17-4-2-16(14-20)3-5-17/h2-5,18H,6-13,15H2,1H3. The Labute approximate surface area is 133 Å². The van der Waals surface area contributed by atoms with Gasteiger partial charge in [0.2, 0.25) is 0 Å². The average molecular weight is 298 g/mol. The van der Waals surface area contributed by atoms with Gasteiger partial charge in [-0.1, -0.05) is 19.1 Å². The van der Waals surface area contributed by atoms with E-state index in [9.17, 15) is 0 Å².